The first kappa shape index (κ1) is 22.1. The van der Waals surface area contributed by atoms with Gasteiger partial charge in [-0.05, 0) is 37.8 Å². The number of benzene rings is 1. The maximum absolute atomic E-state index is 12.9. The molecule has 6 heteroatoms. The molecule has 4 nitrogen and oxygen atoms in total. The first-order valence-corrected chi connectivity index (χ1v) is 8.96. The number of nitrogens with two attached hydrogens (primary N) is 1. The molecule has 3 rings (SSSR count). The van der Waals surface area contributed by atoms with Crippen LogP contribution in [0.1, 0.15) is 44.9 Å². The lowest BCUT2D eigenvalue weighted by molar-refractivity contribution is -0.139. The van der Waals surface area contributed by atoms with E-state index < -0.39 is 5.54 Å². The molecule has 0 spiro atoms. The highest BCUT2D eigenvalue weighted by atomic mass is 35.5. The maximum Gasteiger partial charge on any atom is 0.242 e. The molecule has 0 bridgehead atoms. The van der Waals surface area contributed by atoms with Gasteiger partial charge in [-0.15, -0.1) is 24.8 Å². The Morgan fingerprint density at radius 1 is 1.12 bits per heavy atom. The Morgan fingerprint density at radius 2 is 1.76 bits per heavy atom. The van der Waals surface area contributed by atoms with Gasteiger partial charge in [0.15, 0.2) is 0 Å². The lowest BCUT2D eigenvalue weighted by Gasteiger charge is -2.42. The number of amides is 1. The summed E-state index contributed by atoms with van der Waals surface area (Å²) in [5.41, 5.74) is 7.08. The van der Waals surface area contributed by atoms with E-state index in [0.29, 0.717) is 0 Å². The quantitative estimate of drug-likeness (QED) is 0.861. The fourth-order valence-corrected chi connectivity index (χ4v) is 4.06. The van der Waals surface area contributed by atoms with Crippen molar-refractivity contribution in [3.05, 3.63) is 30.3 Å². The summed E-state index contributed by atoms with van der Waals surface area (Å²) in [4.78, 5) is 17.3. The molecule has 1 atom stereocenters. The largest absolute Gasteiger partial charge is 0.369 e. The number of likely N-dealkylation sites (N-methyl/N-ethyl adjacent to an activating group) is 1. The molecule has 1 saturated heterocycles. The summed E-state index contributed by atoms with van der Waals surface area (Å²) in [6, 6.07) is 10.8. The third kappa shape index (κ3) is 5.02. The predicted octanol–water partition coefficient (Wildman–Crippen LogP) is 3.62. The molecular formula is C19H31Cl2N3O. The van der Waals surface area contributed by atoms with Crippen molar-refractivity contribution in [3.8, 4) is 0 Å². The van der Waals surface area contributed by atoms with Crippen molar-refractivity contribution in [2.75, 3.05) is 25.0 Å². The smallest absolute Gasteiger partial charge is 0.242 e. The number of anilines is 1. The van der Waals surface area contributed by atoms with E-state index in [1.807, 2.05) is 18.0 Å². The van der Waals surface area contributed by atoms with Gasteiger partial charge < -0.3 is 15.5 Å². The topological polar surface area (TPSA) is 49.6 Å². The van der Waals surface area contributed by atoms with Gasteiger partial charge in [0.25, 0.3) is 0 Å². The van der Waals surface area contributed by atoms with Crippen LogP contribution in [-0.2, 0) is 4.79 Å². The number of para-hydroxylation sites is 1. The van der Waals surface area contributed by atoms with Crippen LogP contribution in [0.15, 0.2) is 30.3 Å². The third-order valence-electron chi connectivity index (χ3n) is 5.56. The zero-order valence-electron chi connectivity index (χ0n) is 15.0. The second-order valence-electron chi connectivity index (χ2n) is 7.21. The summed E-state index contributed by atoms with van der Waals surface area (Å²) >= 11 is 0. The molecule has 2 fully saturated rings. The predicted molar refractivity (Wildman–Crippen MR) is 109 cm³/mol. The number of piperidine rings is 1. The van der Waals surface area contributed by atoms with Crippen molar-refractivity contribution < 1.29 is 4.79 Å². The lowest BCUT2D eigenvalue weighted by atomic mass is 9.81. The van der Waals surface area contributed by atoms with E-state index >= 15 is 0 Å². The monoisotopic (exact) mass is 387 g/mol. The molecule has 142 valence electrons. The van der Waals surface area contributed by atoms with Crippen LogP contribution in [0.2, 0.25) is 0 Å². The van der Waals surface area contributed by atoms with Crippen LogP contribution in [0.25, 0.3) is 0 Å². The first-order valence-electron chi connectivity index (χ1n) is 8.96. The van der Waals surface area contributed by atoms with Crippen molar-refractivity contribution in [2.24, 2.45) is 5.73 Å². The second-order valence-corrected chi connectivity index (χ2v) is 7.21. The highest BCUT2D eigenvalue weighted by Crippen LogP contribution is 2.29. The van der Waals surface area contributed by atoms with Crippen molar-refractivity contribution in [2.45, 2.75) is 56.5 Å². The molecule has 1 aromatic rings. The zero-order chi connectivity index (χ0) is 16.3. The number of hydrogen-bond acceptors (Lipinski definition) is 3. The standard InChI is InChI=1S/C19H29N3O.2ClH/c1-21(18(23)19(20)12-6-3-7-13-19)17-11-8-14-22(15-17)16-9-4-2-5-10-16;;/h2,4-5,9-10,17H,3,6-8,11-15,20H2,1H3;2*1H. The molecule has 1 aliphatic carbocycles. The van der Waals surface area contributed by atoms with Crippen LogP contribution < -0.4 is 10.6 Å². The highest BCUT2D eigenvalue weighted by Gasteiger charge is 2.39. The molecule has 1 saturated carbocycles. The summed E-state index contributed by atoms with van der Waals surface area (Å²) < 4.78 is 0. The molecular weight excluding hydrogens is 357 g/mol. The summed E-state index contributed by atoms with van der Waals surface area (Å²) in [6.45, 7) is 1.97. The number of hydrogen-bond donors (Lipinski definition) is 1. The SMILES string of the molecule is CN(C(=O)C1(N)CCCCC1)C1CCCN(c2ccccc2)C1.Cl.Cl. The van der Waals surface area contributed by atoms with Crippen LogP contribution in [-0.4, -0.2) is 42.5 Å². The van der Waals surface area contributed by atoms with Gasteiger partial charge in [0.05, 0.1) is 5.54 Å². The van der Waals surface area contributed by atoms with Gasteiger partial charge in [0, 0.05) is 31.9 Å². The fourth-order valence-electron chi connectivity index (χ4n) is 4.06. The summed E-state index contributed by atoms with van der Waals surface area (Å²) in [5, 5.41) is 0. The molecule has 25 heavy (non-hydrogen) atoms. The minimum absolute atomic E-state index is 0. The van der Waals surface area contributed by atoms with Gasteiger partial charge in [0.1, 0.15) is 0 Å². The van der Waals surface area contributed by atoms with Gasteiger partial charge >= 0.3 is 0 Å². The summed E-state index contributed by atoms with van der Waals surface area (Å²) in [6.07, 6.45) is 7.24. The number of rotatable bonds is 3. The van der Waals surface area contributed by atoms with Crippen LogP contribution in [0.3, 0.4) is 0 Å². The van der Waals surface area contributed by atoms with E-state index in [2.05, 4.69) is 29.2 Å². The Labute approximate surface area is 163 Å². The molecule has 1 aromatic carbocycles. The van der Waals surface area contributed by atoms with E-state index in [1.54, 1.807) is 0 Å². The summed E-state index contributed by atoms with van der Waals surface area (Å²) in [5.74, 6) is 0.150. The van der Waals surface area contributed by atoms with E-state index in [0.717, 1.165) is 51.6 Å². The summed E-state index contributed by atoms with van der Waals surface area (Å²) in [7, 11) is 1.95. The molecule has 2 N–H and O–H groups in total. The minimum Gasteiger partial charge on any atom is -0.369 e. The average Bonchev–Trinajstić information content (AvgIpc) is 2.62. The maximum atomic E-state index is 12.9. The minimum atomic E-state index is -0.623. The number of carbonyl (C=O) groups excluding carboxylic acids is 1. The lowest BCUT2D eigenvalue weighted by Crippen LogP contribution is -2.59. The molecule has 0 aromatic heterocycles. The number of nitrogens with zero attached hydrogens (tertiary/aromatic N) is 2. The Morgan fingerprint density at radius 3 is 2.40 bits per heavy atom. The Balaban J connectivity index is 0.00000156. The van der Waals surface area contributed by atoms with E-state index in [-0.39, 0.29) is 36.8 Å². The number of carbonyl (C=O) groups is 1. The van der Waals surface area contributed by atoms with E-state index in [1.165, 1.54) is 12.1 Å². The first-order chi connectivity index (χ1) is 11.1. The normalized spacial score (nSPS) is 22.3. The van der Waals surface area contributed by atoms with Gasteiger partial charge in [0.2, 0.25) is 5.91 Å². The average molecular weight is 388 g/mol. The van der Waals surface area contributed by atoms with Gasteiger partial charge in [-0.25, -0.2) is 0 Å². The molecule has 0 radical (unpaired) electrons. The Hall–Kier alpha value is -0.970. The van der Waals surface area contributed by atoms with E-state index in [4.69, 9.17) is 5.73 Å². The molecule has 2 aliphatic rings. The zero-order valence-corrected chi connectivity index (χ0v) is 16.7. The van der Waals surface area contributed by atoms with Crippen LogP contribution in [0, 0.1) is 0 Å². The van der Waals surface area contributed by atoms with Gasteiger partial charge in [-0.3, -0.25) is 4.79 Å². The molecule has 1 aliphatic heterocycles. The van der Waals surface area contributed by atoms with Crippen LogP contribution in [0.5, 0.6) is 0 Å². The molecule has 1 unspecified atom stereocenters. The van der Waals surface area contributed by atoms with E-state index in [9.17, 15) is 4.79 Å². The van der Waals surface area contributed by atoms with Gasteiger partial charge in [-0.1, -0.05) is 37.5 Å². The molecule has 1 amide bonds. The van der Waals surface area contributed by atoms with Crippen molar-refractivity contribution in [3.63, 3.8) is 0 Å². The molecule has 1 heterocycles. The second kappa shape index (κ2) is 9.65. The van der Waals surface area contributed by atoms with Crippen LogP contribution >= 0.6 is 24.8 Å². The van der Waals surface area contributed by atoms with Crippen molar-refractivity contribution in [1.29, 1.82) is 0 Å². The highest BCUT2D eigenvalue weighted by molar-refractivity contribution is 5.86. The Kier molecular flexibility index (Phi) is 8.52. The Bertz CT molecular complexity index is 535. The van der Waals surface area contributed by atoms with Crippen LogP contribution in [0.4, 0.5) is 5.69 Å². The van der Waals surface area contributed by atoms with Crippen molar-refractivity contribution >= 4 is 36.4 Å². The third-order valence-corrected chi connectivity index (χ3v) is 5.56. The van der Waals surface area contributed by atoms with Crippen molar-refractivity contribution in [1.82, 2.24) is 4.90 Å². The number of halogens is 2. The van der Waals surface area contributed by atoms with Gasteiger partial charge in [-0.2, -0.15) is 0 Å². The fraction of sp³-hybridized carbons (Fsp3) is 0.632.